The molecule has 3 aromatic rings. The van der Waals surface area contributed by atoms with Gasteiger partial charge in [-0.2, -0.15) is 0 Å². The minimum absolute atomic E-state index is 0.00297. The van der Waals surface area contributed by atoms with Gasteiger partial charge in [-0.3, -0.25) is 4.79 Å². The lowest BCUT2D eigenvalue weighted by molar-refractivity contribution is 0.100. The minimum atomic E-state index is -0.488. The zero-order valence-corrected chi connectivity index (χ0v) is 18.8. The van der Waals surface area contributed by atoms with Crippen LogP contribution in [-0.4, -0.2) is 41.0 Å². The van der Waals surface area contributed by atoms with Crippen molar-refractivity contribution < 1.29 is 9.53 Å². The summed E-state index contributed by atoms with van der Waals surface area (Å²) in [6.45, 7) is 6.70. The first-order chi connectivity index (χ1) is 13.7. The van der Waals surface area contributed by atoms with Crippen LogP contribution in [0.25, 0.3) is 10.6 Å². The Morgan fingerprint density at radius 1 is 1.31 bits per heavy atom. The van der Waals surface area contributed by atoms with Gasteiger partial charge in [-0.15, -0.1) is 22.7 Å². The molecule has 0 radical (unpaired) electrons. The van der Waals surface area contributed by atoms with E-state index in [1.165, 1.54) is 11.3 Å². The third kappa shape index (κ3) is 5.31. The molecule has 0 aliphatic rings. The van der Waals surface area contributed by atoms with Crippen molar-refractivity contribution in [2.24, 2.45) is 5.73 Å². The molecular weight excluding hydrogens is 406 g/mol. The number of anilines is 2. The molecule has 1 aromatic carbocycles. The second kappa shape index (κ2) is 8.89. The average molecular weight is 432 g/mol. The van der Waals surface area contributed by atoms with Crippen LogP contribution >= 0.6 is 22.7 Å². The summed E-state index contributed by atoms with van der Waals surface area (Å²) in [7, 11) is 4.05. The Morgan fingerprint density at radius 2 is 2.07 bits per heavy atom. The molecule has 0 saturated carbocycles. The van der Waals surface area contributed by atoms with Gasteiger partial charge in [0.05, 0.1) is 28.1 Å². The molecule has 0 aliphatic heterocycles. The number of carbonyl (C=O) groups is 1. The van der Waals surface area contributed by atoms with Crippen LogP contribution < -0.4 is 15.8 Å². The molecule has 0 aliphatic carbocycles. The fourth-order valence-corrected chi connectivity index (χ4v) is 4.65. The number of nitrogens with zero attached hydrogens (tertiary/aromatic N) is 3. The van der Waals surface area contributed by atoms with Gasteiger partial charge in [0, 0.05) is 17.5 Å². The molecule has 0 fully saturated rings. The van der Waals surface area contributed by atoms with Crippen LogP contribution in [0.3, 0.4) is 0 Å². The molecule has 0 bridgehead atoms. The first-order valence-electron chi connectivity index (χ1n) is 9.17. The van der Waals surface area contributed by atoms with E-state index in [9.17, 15) is 4.79 Å². The largest absolute Gasteiger partial charge is 0.489 e. The quantitative estimate of drug-likeness (QED) is 0.553. The molecule has 0 spiro atoms. The van der Waals surface area contributed by atoms with Crippen LogP contribution in [0, 0.1) is 6.92 Å². The second-order valence-electron chi connectivity index (χ2n) is 7.16. The zero-order chi connectivity index (χ0) is 21.1. The highest BCUT2D eigenvalue weighted by Crippen LogP contribution is 2.35. The van der Waals surface area contributed by atoms with E-state index in [4.69, 9.17) is 15.5 Å². The van der Waals surface area contributed by atoms with Crippen LogP contribution in [0.1, 0.15) is 34.9 Å². The highest BCUT2D eigenvalue weighted by atomic mass is 32.1. The lowest BCUT2D eigenvalue weighted by Crippen LogP contribution is -2.12. The summed E-state index contributed by atoms with van der Waals surface area (Å²) in [6.07, 6.45) is -0.00297. The minimum Gasteiger partial charge on any atom is -0.489 e. The van der Waals surface area contributed by atoms with Crippen LogP contribution in [0.15, 0.2) is 23.6 Å². The van der Waals surface area contributed by atoms with Crippen molar-refractivity contribution in [3.8, 4) is 16.3 Å². The summed E-state index contributed by atoms with van der Waals surface area (Å²) in [4.78, 5) is 24.1. The number of aryl methyl sites for hydroxylation is 1. The maximum absolute atomic E-state index is 11.6. The molecule has 29 heavy (non-hydrogen) atoms. The molecule has 9 heteroatoms. The third-order valence-corrected chi connectivity index (χ3v) is 5.82. The van der Waals surface area contributed by atoms with Gasteiger partial charge in [0.2, 0.25) is 5.91 Å². The van der Waals surface area contributed by atoms with Crippen molar-refractivity contribution in [2.75, 3.05) is 19.4 Å². The molecule has 7 nitrogen and oxygen atoms in total. The number of carbonyl (C=O) groups excluding carboxylic acids is 1. The van der Waals surface area contributed by atoms with Gasteiger partial charge in [-0.25, -0.2) is 9.97 Å². The summed E-state index contributed by atoms with van der Waals surface area (Å²) >= 11 is 3.14. The normalized spacial score (nSPS) is 11.3. The molecule has 0 saturated heterocycles. The Hall–Kier alpha value is -2.49. The second-order valence-corrected chi connectivity index (χ2v) is 9.11. The number of rotatable bonds is 8. The molecule has 0 unspecified atom stereocenters. The van der Waals surface area contributed by atoms with E-state index in [-0.39, 0.29) is 6.10 Å². The fourth-order valence-electron chi connectivity index (χ4n) is 2.72. The van der Waals surface area contributed by atoms with Crippen molar-refractivity contribution in [3.05, 3.63) is 39.8 Å². The predicted octanol–water partition coefficient (Wildman–Crippen LogP) is 4.27. The Kier molecular flexibility index (Phi) is 6.51. The molecule has 154 valence electrons. The van der Waals surface area contributed by atoms with E-state index in [1.54, 1.807) is 29.5 Å². The van der Waals surface area contributed by atoms with E-state index < -0.39 is 5.91 Å². The van der Waals surface area contributed by atoms with Gasteiger partial charge >= 0.3 is 0 Å². The maximum Gasteiger partial charge on any atom is 0.248 e. The number of hydrogen-bond acceptors (Lipinski definition) is 8. The van der Waals surface area contributed by atoms with Crippen LogP contribution in [0.5, 0.6) is 5.75 Å². The van der Waals surface area contributed by atoms with Gasteiger partial charge in [0.15, 0.2) is 5.13 Å². The summed E-state index contributed by atoms with van der Waals surface area (Å²) < 4.78 is 5.85. The molecule has 3 N–H and O–H groups in total. The number of nitrogens with one attached hydrogen (secondary N) is 1. The number of ether oxygens (including phenoxy) is 1. The van der Waals surface area contributed by atoms with Gasteiger partial charge in [0.25, 0.3) is 0 Å². The SMILES string of the molecule is Cc1nc(CN(C)C)sc1-c1csc(Nc2cc(C(N)=O)ccc2OC(C)C)n1. The first kappa shape index (κ1) is 21.2. The Balaban J connectivity index is 1.87. The summed E-state index contributed by atoms with van der Waals surface area (Å²) in [5, 5.41) is 7.04. The van der Waals surface area contributed by atoms with Gasteiger partial charge < -0.3 is 20.7 Å². The topological polar surface area (TPSA) is 93.4 Å². The summed E-state index contributed by atoms with van der Waals surface area (Å²) in [6, 6.07) is 5.09. The smallest absolute Gasteiger partial charge is 0.248 e. The van der Waals surface area contributed by atoms with Gasteiger partial charge in [-0.1, -0.05) is 0 Å². The molecule has 1 amide bonds. The van der Waals surface area contributed by atoms with Crippen LogP contribution in [0.2, 0.25) is 0 Å². The average Bonchev–Trinajstić information content (AvgIpc) is 3.21. The Morgan fingerprint density at radius 3 is 2.72 bits per heavy atom. The Labute approximate surface area is 178 Å². The van der Waals surface area contributed by atoms with Crippen LogP contribution in [-0.2, 0) is 6.54 Å². The third-order valence-electron chi connectivity index (χ3n) is 3.90. The maximum atomic E-state index is 11.6. The lowest BCUT2D eigenvalue weighted by atomic mass is 10.1. The number of primary amides is 1. The number of nitrogens with two attached hydrogens (primary N) is 1. The monoisotopic (exact) mass is 431 g/mol. The van der Waals surface area contributed by atoms with Crippen molar-refractivity contribution in [1.29, 1.82) is 0 Å². The molecule has 0 atom stereocenters. The van der Waals surface area contributed by atoms with E-state index in [0.717, 1.165) is 27.8 Å². The first-order valence-corrected chi connectivity index (χ1v) is 10.9. The fraction of sp³-hybridized carbons (Fsp3) is 0.350. The van der Waals surface area contributed by atoms with E-state index >= 15 is 0 Å². The van der Waals surface area contributed by atoms with Crippen molar-refractivity contribution in [1.82, 2.24) is 14.9 Å². The number of amides is 1. The molecule has 2 aromatic heterocycles. The zero-order valence-electron chi connectivity index (χ0n) is 17.1. The number of aromatic nitrogens is 2. The van der Waals surface area contributed by atoms with Crippen molar-refractivity contribution in [3.63, 3.8) is 0 Å². The van der Waals surface area contributed by atoms with E-state index in [1.807, 2.05) is 40.2 Å². The van der Waals surface area contributed by atoms with Crippen molar-refractivity contribution in [2.45, 2.75) is 33.4 Å². The molecular formula is C20H25N5O2S2. The molecule has 2 heterocycles. The number of benzene rings is 1. The lowest BCUT2D eigenvalue weighted by Gasteiger charge is -2.15. The Bertz CT molecular complexity index is 1010. The number of hydrogen-bond donors (Lipinski definition) is 2. The highest BCUT2D eigenvalue weighted by Gasteiger charge is 2.15. The highest BCUT2D eigenvalue weighted by molar-refractivity contribution is 7.16. The predicted molar refractivity (Wildman–Crippen MR) is 119 cm³/mol. The van der Waals surface area contributed by atoms with Crippen LogP contribution in [0.4, 0.5) is 10.8 Å². The van der Waals surface area contributed by atoms with Gasteiger partial charge in [-0.05, 0) is 53.1 Å². The summed E-state index contributed by atoms with van der Waals surface area (Å²) in [5.74, 6) is 0.154. The van der Waals surface area contributed by atoms with E-state index in [0.29, 0.717) is 22.1 Å². The standard InChI is InChI=1S/C20H25N5O2S2/c1-11(2)27-16-7-6-13(19(21)26)8-14(16)23-20-24-15(10-28-20)18-12(3)22-17(29-18)9-25(4)5/h6-8,10-11H,9H2,1-5H3,(H2,21,26)(H,23,24). The van der Waals surface area contributed by atoms with E-state index in [2.05, 4.69) is 15.2 Å². The van der Waals surface area contributed by atoms with Crippen molar-refractivity contribution >= 4 is 39.4 Å². The molecule has 3 rings (SSSR count). The van der Waals surface area contributed by atoms with Gasteiger partial charge in [0.1, 0.15) is 10.8 Å². The summed E-state index contributed by atoms with van der Waals surface area (Å²) in [5.41, 5.74) is 8.36. The number of thiazole rings is 2.